The van der Waals surface area contributed by atoms with Crippen LogP contribution in [0.1, 0.15) is 6.92 Å². The van der Waals surface area contributed by atoms with E-state index in [1.165, 1.54) is 0 Å². The minimum absolute atomic E-state index is 0.231. The van der Waals surface area contributed by atoms with Crippen LogP contribution in [0.25, 0.3) is 0 Å². The van der Waals surface area contributed by atoms with Gasteiger partial charge in [0.05, 0.1) is 0 Å². The van der Waals surface area contributed by atoms with E-state index in [0.717, 1.165) is 0 Å². The second-order valence-corrected chi connectivity index (χ2v) is 1.10. The summed E-state index contributed by atoms with van der Waals surface area (Å²) in [5.41, 5.74) is 0. The summed E-state index contributed by atoms with van der Waals surface area (Å²) in [6.45, 7) is 2.21. The highest BCUT2D eigenvalue weighted by Gasteiger charge is 1.70. The number of hydrogen-bond acceptors (Lipinski definition) is 1. The first-order valence-corrected chi connectivity index (χ1v) is 2.48. The molecule has 0 aromatic rings. The van der Waals surface area contributed by atoms with Gasteiger partial charge in [0.15, 0.2) is 0 Å². The van der Waals surface area contributed by atoms with E-state index < -0.39 is 0 Å². The highest BCUT2D eigenvalue weighted by molar-refractivity contribution is 6.17. The van der Waals surface area contributed by atoms with Crippen LogP contribution in [0.4, 0.5) is 0 Å². The van der Waals surface area contributed by atoms with E-state index in [1.807, 2.05) is 0 Å². The van der Waals surface area contributed by atoms with Crippen molar-refractivity contribution in [2.75, 3.05) is 12.7 Å². The Bertz CT molecular complexity index is 79.8. The van der Waals surface area contributed by atoms with Crippen LogP contribution in [0.5, 0.6) is 0 Å². The maximum absolute atomic E-state index is 5.15. The molecule has 0 N–H and O–H groups in total. The molecule has 0 bridgehead atoms. The molecule has 0 aromatic heterocycles. The predicted octanol–water partition coefficient (Wildman–Crippen LogP) is 1.22. The van der Waals surface area contributed by atoms with Gasteiger partial charge in [-0.3, -0.25) is 0 Å². The van der Waals surface area contributed by atoms with Crippen molar-refractivity contribution in [3.8, 4) is 11.8 Å². The molecule has 0 unspecified atom stereocenters. The first kappa shape index (κ1) is 6.81. The topological polar surface area (TPSA) is 9.23 Å². The number of hydrogen-bond donors (Lipinski definition) is 0. The SMILES string of the molecule is CC#CCOCCl. The number of halogens is 1. The van der Waals surface area contributed by atoms with Crippen molar-refractivity contribution in [2.45, 2.75) is 6.92 Å². The van der Waals surface area contributed by atoms with Crippen molar-refractivity contribution < 1.29 is 4.74 Å². The van der Waals surface area contributed by atoms with Gasteiger partial charge >= 0.3 is 0 Å². The molecule has 0 aliphatic carbocycles. The fraction of sp³-hybridized carbons (Fsp3) is 0.600. The van der Waals surface area contributed by atoms with Gasteiger partial charge in [-0.2, -0.15) is 0 Å². The van der Waals surface area contributed by atoms with Crippen LogP contribution >= 0.6 is 11.6 Å². The van der Waals surface area contributed by atoms with E-state index >= 15 is 0 Å². The van der Waals surface area contributed by atoms with Gasteiger partial charge in [0.2, 0.25) is 0 Å². The van der Waals surface area contributed by atoms with Gasteiger partial charge in [-0.15, -0.1) is 5.92 Å². The van der Waals surface area contributed by atoms with Crippen LogP contribution in [0.15, 0.2) is 0 Å². The zero-order valence-electron chi connectivity index (χ0n) is 4.20. The first-order valence-electron chi connectivity index (χ1n) is 1.95. The molecular weight excluding hydrogens is 112 g/mol. The van der Waals surface area contributed by atoms with Gasteiger partial charge in [0.1, 0.15) is 12.7 Å². The summed E-state index contributed by atoms with van der Waals surface area (Å²) >= 11 is 5.15. The molecule has 0 aliphatic rings. The van der Waals surface area contributed by atoms with E-state index in [2.05, 4.69) is 16.6 Å². The molecule has 0 spiro atoms. The molecule has 0 aromatic carbocycles. The predicted molar refractivity (Wildman–Crippen MR) is 30.1 cm³/mol. The van der Waals surface area contributed by atoms with Gasteiger partial charge < -0.3 is 4.74 Å². The summed E-state index contributed by atoms with van der Waals surface area (Å²) in [7, 11) is 0. The standard InChI is InChI=1S/C5H7ClO/c1-2-3-4-7-5-6/h4-5H2,1H3. The Balaban J connectivity index is 2.78. The third-order valence-electron chi connectivity index (χ3n) is 0.428. The Morgan fingerprint density at radius 1 is 1.71 bits per heavy atom. The third kappa shape index (κ3) is 5.81. The molecule has 2 heteroatoms. The van der Waals surface area contributed by atoms with Gasteiger partial charge in [-0.05, 0) is 6.92 Å². The number of ether oxygens (including phenoxy) is 1. The summed E-state index contributed by atoms with van der Waals surface area (Å²) in [5.74, 6) is 5.36. The van der Waals surface area contributed by atoms with Crippen molar-refractivity contribution in [1.29, 1.82) is 0 Å². The van der Waals surface area contributed by atoms with Crippen LogP contribution in [0.3, 0.4) is 0 Å². The van der Waals surface area contributed by atoms with Crippen molar-refractivity contribution in [2.24, 2.45) is 0 Å². The van der Waals surface area contributed by atoms with Gasteiger partial charge in [0.25, 0.3) is 0 Å². The van der Waals surface area contributed by atoms with Gasteiger partial charge in [0, 0.05) is 0 Å². The van der Waals surface area contributed by atoms with Crippen molar-refractivity contribution >= 4 is 11.6 Å². The quantitative estimate of drug-likeness (QED) is 0.301. The summed E-state index contributed by atoms with van der Waals surface area (Å²) in [6, 6.07) is 0.231. The summed E-state index contributed by atoms with van der Waals surface area (Å²) in [5, 5.41) is 0. The van der Waals surface area contributed by atoms with Crippen LogP contribution in [-0.2, 0) is 4.74 Å². The lowest BCUT2D eigenvalue weighted by atomic mass is 10.6. The highest BCUT2D eigenvalue weighted by Crippen LogP contribution is 1.74. The molecule has 0 aliphatic heterocycles. The van der Waals surface area contributed by atoms with E-state index in [1.54, 1.807) is 6.92 Å². The summed E-state index contributed by atoms with van der Waals surface area (Å²) in [6.07, 6.45) is 0. The van der Waals surface area contributed by atoms with Crippen molar-refractivity contribution in [3.63, 3.8) is 0 Å². The third-order valence-corrected chi connectivity index (χ3v) is 0.582. The molecule has 0 saturated carbocycles. The molecule has 0 heterocycles. The lowest BCUT2D eigenvalue weighted by Gasteiger charge is -1.85. The van der Waals surface area contributed by atoms with Crippen molar-refractivity contribution in [3.05, 3.63) is 0 Å². The smallest absolute Gasteiger partial charge is 0.122 e. The Kier molecular flexibility index (Phi) is 5.65. The minimum Gasteiger partial charge on any atom is -0.353 e. The molecule has 7 heavy (non-hydrogen) atoms. The molecule has 0 rings (SSSR count). The summed E-state index contributed by atoms with van der Waals surface area (Å²) in [4.78, 5) is 0. The minimum atomic E-state index is 0.231. The Labute approximate surface area is 48.6 Å². The molecular formula is C5H7ClO. The maximum Gasteiger partial charge on any atom is 0.122 e. The average Bonchev–Trinajstić information content (AvgIpc) is 1.69. The summed E-state index contributed by atoms with van der Waals surface area (Å²) < 4.78 is 4.67. The monoisotopic (exact) mass is 118 g/mol. The molecule has 0 saturated heterocycles. The molecule has 1 nitrogen and oxygen atoms in total. The molecule has 0 fully saturated rings. The second kappa shape index (κ2) is 5.81. The zero-order valence-corrected chi connectivity index (χ0v) is 4.96. The maximum atomic E-state index is 5.15. The fourth-order valence-electron chi connectivity index (χ4n) is 0.162. The Morgan fingerprint density at radius 3 is 2.86 bits per heavy atom. The fourth-order valence-corrected chi connectivity index (χ4v) is 0.239. The zero-order chi connectivity index (χ0) is 5.54. The lowest BCUT2D eigenvalue weighted by molar-refractivity contribution is 0.218. The van der Waals surface area contributed by atoms with Crippen LogP contribution in [0.2, 0.25) is 0 Å². The van der Waals surface area contributed by atoms with Gasteiger partial charge in [-0.1, -0.05) is 17.5 Å². The van der Waals surface area contributed by atoms with Crippen LogP contribution in [0, 0.1) is 11.8 Å². The van der Waals surface area contributed by atoms with E-state index in [4.69, 9.17) is 11.6 Å². The van der Waals surface area contributed by atoms with E-state index in [-0.39, 0.29) is 6.07 Å². The second-order valence-electron chi connectivity index (χ2n) is 0.884. The Hall–Kier alpha value is -0.190. The largest absolute Gasteiger partial charge is 0.353 e. The normalized spacial score (nSPS) is 7.14. The average molecular weight is 119 g/mol. The first-order chi connectivity index (χ1) is 3.41. The lowest BCUT2D eigenvalue weighted by Crippen LogP contribution is -1.85. The number of alkyl halides is 1. The number of rotatable bonds is 2. The molecule has 0 atom stereocenters. The van der Waals surface area contributed by atoms with Crippen molar-refractivity contribution in [1.82, 2.24) is 0 Å². The van der Waals surface area contributed by atoms with Crippen LogP contribution in [-0.4, -0.2) is 12.7 Å². The molecule has 0 radical (unpaired) electrons. The molecule has 0 amide bonds. The van der Waals surface area contributed by atoms with E-state index in [9.17, 15) is 0 Å². The van der Waals surface area contributed by atoms with Gasteiger partial charge in [-0.25, -0.2) is 0 Å². The molecule has 40 valence electrons. The van der Waals surface area contributed by atoms with E-state index in [0.29, 0.717) is 6.61 Å². The Morgan fingerprint density at radius 2 is 2.43 bits per heavy atom. The van der Waals surface area contributed by atoms with Crippen LogP contribution < -0.4 is 0 Å². The highest BCUT2D eigenvalue weighted by atomic mass is 35.5.